The minimum atomic E-state index is -4.57. The van der Waals surface area contributed by atoms with E-state index in [0.717, 1.165) is 63.9 Å². The predicted octanol–water partition coefficient (Wildman–Crippen LogP) is 6.88. The molecule has 0 saturated carbocycles. The molecule has 3 amide bonds. The molecule has 3 heterocycles. The molecule has 1 fully saturated rings. The number of unbranched alkanes of at least 4 members (excludes halogenated alkanes) is 1. The van der Waals surface area contributed by atoms with Crippen LogP contribution in [0.25, 0.3) is 0 Å². The van der Waals surface area contributed by atoms with Crippen molar-refractivity contribution in [3.05, 3.63) is 107 Å². The molecule has 3 aromatic carbocycles. The van der Waals surface area contributed by atoms with Crippen LogP contribution < -0.4 is 16.0 Å². The number of urea groups is 1. The third-order valence-electron chi connectivity index (χ3n) is 9.93. The Balaban J connectivity index is 1.14. The number of nitrogens with zero attached hydrogens (tertiary/aromatic N) is 3. The fourth-order valence-electron chi connectivity index (χ4n) is 7.19. The lowest BCUT2D eigenvalue weighted by Crippen LogP contribution is -2.47. The van der Waals surface area contributed by atoms with E-state index in [9.17, 15) is 22.8 Å². The average molecular weight is 632 g/mol. The van der Waals surface area contributed by atoms with Gasteiger partial charge in [0, 0.05) is 12.2 Å². The Kier molecular flexibility index (Phi) is 8.83. The second kappa shape index (κ2) is 12.8. The molecule has 0 aliphatic carbocycles. The summed E-state index contributed by atoms with van der Waals surface area (Å²) >= 11 is 0. The number of anilines is 2. The van der Waals surface area contributed by atoms with E-state index in [1.807, 2.05) is 0 Å². The summed E-state index contributed by atoms with van der Waals surface area (Å²) in [7, 11) is 0. The number of likely N-dealkylation sites (tertiary alicyclic amines) is 1. The maximum atomic E-state index is 13.9. The monoisotopic (exact) mass is 631 g/mol. The Morgan fingerprint density at radius 2 is 1.61 bits per heavy atom. The van der Waals surface area contributed by atoms with E-state index in [4.69, 9.17) is 5.73 Å². The van der Waals surface area contributed by atoms with Crippen LogP contribution in [-0.4, -0.2) is 54.5 Å². The zero-order valence-electron chi connectivity index (χ0n) is 26.0. The number of hydrogen-bond acceptors (Lipinski definition) is 4. The summed E-state index contributed by atoms with van der Waals surface area (Å²) in [6, 6.07) is 21.0. The topological polar surface area (TPSA) is 81.9 Å². The third kappa shape index (κ3) is 6.23. The molecule has 46 heavy (non-hydrogen) atoms. The fourth-order valence-corrected chi connectivity index (χ4v) is 7.19. The summed E-state index contributed by atoms with van der Waals surface area (Å²) in [6.07, 6.45) is 0.470. The first kappa shape index (κ1) is 31.7. The van der Waals surface area contributed by atoms with Gasteiger partial charge in [-0.25, -0.2) is 4.79 Å². The van der Waals surface area contributed by atoms with Gasteiger partial charge in [0.2, 0.25) is 0 Å². The number of nitrogens with one attached hydrogen (secondary N) is 1. The van der Waals surface area contributed by atoms with E-state index >= 15 is 0 Å². The molecule has 3 aromatic rings. The van der Waals surface area contributed by atoms with Gasteiger partial charge in [0.15, 0.2) is 0 Å². The molecule has 0 aromatic heterocycles. The van der Waals surface area contributed by atoms with Crippen molar-refractivity contribution in [1.82, 2.24) is 15.1 Å². The molecule has 242 valence electrons. The predicted molar refractivity (Wildman–Crippen MR) is 173 cm³/mol. The molecular weight excluding hydrogens is 591 g/mol. The zero-order chi connectivity index (χ0) is 32.5. The number of nitrogen functional groups attached to an aromatic ring is 1. The van der Waals surface area contributed by atoms with Crippen molar-refractivity contribution in [1.29, 1.82) is 0 Å². The van der Waals surface area contributed by atoms with Crippen molar-refractivity contribution in [2.45, 2.75) is 56.7 Å². The second-order valence-electron chi connectivity index (χ2n) is 12.6. The quantitative estimate of drug-likeness (QED) is 0.199. The molecule has 7 nitrogen and oxygen atoms in total. The van der Waals surface area contributed by atoms with Gasteiger partial charge in [-0.1, -0.05) is 55.5 Å². The van der Waals surface area contributed by atoms with Crippen LogP contribution in [0.2, 0.25) is 0 Å². The Bertz CT molecular complexity index is 1600. The van der Waals surface area contributed by atoms with Crippen LogP contribution in [0.15, 0.2) is 90.1 Å². The van der Waals surface area contributed by atoms with Crippen LogP contribution in [0, 0.1) is 0 Å². The van der Waals surface area contributed by atoms with Crippen molar-refractivity contribution >= 4 is 23.3 Å². The van der Waals surface area contributed by atoms with Gasteiger partial charge in [0.1, 0.15) is 0 Å². The number of piperidine rings is 1. The summed E-state index contributed by atoms with van der Waals surface area (Å²) in [6.45, 7) is 5.91. The summed E-state index contributed by atoms with van der Waals surface area (Å²) < 4.78 is 40.7. The van der Waals surface area contributed by atoms with Gasteiger partial charge in [0.25, 0.3) is 5.91 Å². The van der Waals surface area contributed by atoms with Crippen LogP contribution in [0.1, 0.15) is 61.8 Å². The molecule has 3 N–H and O–H groups in total. The van der Waals surface area contributed by atoms with E-state index in [-0.39, 0.29) is 23.6 Å². The molecule has 0 bridgehead atoms. The van der Waals surface area contributed by atoms with E-state index in [0.29, 0.717) is 29.1 Å². The van der Waals surface area contributed by atoms with Crippen LogP contribution in [0.5, 0.6) is 0 Å². The zero-order valence-corrected chi connectivity index (χ0v) is 26.0. The molecule has 0 spiro atoms. The lowest BCUT2D eigenvalue weighted by molar-refractivity contribution is -0.137. The fraction of sp³-hybridized carbons (Fsp3) is 0.389. The highest BCUT2D eigenvalue weighted by Gasteiger charge is 2.45. The molecule has 10 heteroatoms. The van der Waals surface area contributed by atoms with Crippen molar-refractivity contribution in [2.24, 2.45) is 0 Å². The normalized spacial score (nSPS) is 20.2. The summed E-state index contributed by atoms with van der Waals surface area (Å²) in [5.74, 6) is -0.220. The van der Waals surface area contributed by atoms with Crippen LogP contribution in [0.4, 0.5) is 29.3 Å². The van der Waals surface area contributed by atoms with Crippen LogP contribution in [-0.2, 0) is 16.4 Å². The van der Waals surface area contributed by atoms with Crippen molar-refractivity contribution in [3.8, 4) is 0 Å². The molecule has 1 unspecified atom stereocenters. The van der Waals surface area contributed by atoms with Gasteiger partial charge < -0.3 is 20.9 Å². The van der Waals surface area contributed by atoms with E-state index in [1.165, 1.54) is 22.6 Å². The number of nitrogens with two attached hydrogens (primary N) is 1. The number of amides is 3. The smallest absolute Gasteiger partial charge is 0.399 e. The van der Waals surface area contributed by atoms with Gasteiger partial charge in [-0.3, -0.25) is 9.69 Å². The van der Waals surface area contributed by atoms with Crippen LogP contribution >= 0.6 is 0 Å². The van der Waals surface area contributed by atoms with Gasteiger partial charge in [-0.15, -0.1) is 0 Å². The number of carbonyl (C=O) groups is 2. The van der Waals surface area contributed by atoms with Crippen molar-refractivity contribution < 1.29 is 22.8 Å². The van der Waals surface area contributed by atoms with E-state index < -0.39 is 23.8 Å². The number of halogens is 3. The molecule has 3 aliphatic rings. The molecule has 1 saturated heterocycles. The summed E-state index contributed by atoms with van der Waals surface area (Å²) in [5, 5.41) is 2.87. The minimum Gasteiger partial charge on any atom is -0.399 e. The summed E-state index contributed by atoms with van der Waals surface area (Å²) in [4.78, 5) is 32.8. The van der Waals surface area contributed by atoms with E-state index in [1.54, 1.807) is 29.2 Å². The minimum absolute atomic E-state index is 0.0639. The Labute approximate surface area is 267 Å². The second-order valence-corrected chi connectivity index (χ2v) is 12.6. The number of alkyl halides is 3. The molecule has 3 aliphatic heterocycles. The lowest BCUT2D eigenvalue weighted by atomic mass is 9.71. The lowest BCUT2D eigenvalue weighted by Gasteiger charge is -2.42. The largest absolute Gasteiger partial charge is 0.416 e. The number of benzene rings is 3. The standard InChI is InChI=1S/C36H40F3N5O2/c1-2-35(26-9-4-3-5-10-26)17-21-42(22-18-35)19-6-7-20-43-24-30-31(33(43)45)32(25-13-15-28(40)16-14-25)41-34(46)44(30)29-12-8-11-27(23-29)36(37,38)39/h3-5,8-16,23,32H,2,6-7,17-22,24,40H2,1H3,(H,41,46). The molecule has 1 atom stereocenters. The Morgan fingerprint density at radius 3 is 2.28 bits per heavy atom. The van der Waals surface area contributed by atoms with Gasteiger partial charge in [0.05, 0.1) is 35.1 Å². The summed E-state index contributed by atoms with van der Waals surface area (Å²) in [5.41, 5.74) is 8.72. The first-order valence-electron chi connectivity index (χ1n) is 16.0. The van der Waals surface area contributed by atoms with E-state index in [2.05, 4.69) is 47.5 Å². The number of carbonyl (C=O) groups excluding carboxylic acids is 2. The highest BCUT2D eigenvalue weighted by molar-refractivity contribution is 6.07. The Morgan fingerprint density at radius 1 is 0.913 bits per heavy atom. The van der Waals surface area contributed by atoms with Crippen LogP contribution in [0.3, 0.4) is 0 Å². The SMILES string of the molecule is CCC1(c2ccccc2)CCN(CCCCN2CC3=C(C2=O)C(c2ccc(N)cc2)NC(=O)N3c2cccc(C(F)(F)F)c2)CC1. The maximum absolute atomic E-state index is 13.9. The maximum Gasteiger partial charge on any atom is 0.416 e. The van der Waals surface area contributed by atoms with Gasteiger partial charge >= 0.3 is 12.2 Å². The average Bonchev–Trinajstić information content (AvgIpc) is 3.38. The van der Waals surface area contributed by atoms with Crippen molar-refractivity contribution in [3.63, 3.8) is 0 Å². The highest BCUT2D eigenvalue weighted by atomic mass is 19.4. The highest BCUT2D eigenvalue weighted by Crippen LogP contribution is 2.41. The first-order valence-corrected chi connectivity index (χ1v) is 16.0. The first-order chi connectivity index (χ1) is 22.1. The molecule has 0 radical (unpaired) electrons. The third-order valence-corrected chi connectivity index (χ3v) is 9.93. The Hall–Kier alpha value is -4.31. The molecule has 6 rings (SSSR count). The van der Waals surface area contributed by atoms with Gasteiger partial charge in [-0.05, 0) is 98.6 Å². The number of rotatable bonds is 9. The molecular formula is C36H40F3N5O2. The number of hydrogen-bond donors (Lipinski definition) is 2. The van der Waals surface area contributed by atoms with Gasteiger partial charge in [-0.2, -0.15) is 13.2 Å². The van der Waals surface area contributed by atoms with Crippen molar-refractivity contribution in [2.75, 3.05) is 43.4 Å².